The van der Waals surface area contributed by atoms with E-state index in [2.05, 4.69) is 30.4 Å². The van der Waals surface area contributed by atoms with E-state index in [0.717, 1.165) is 0 Å². The van der Waals surface area contributed by atoms with E-state index in [1.54, 1.807) is 6.92 Å². The Labute approximate surface area is 61.9 Å². The van der Waals surface area contributed by atoms with Gasteiger partial charge in [-0.15, -0.1) is 4.99 Å². The predicted molar refractivity (Wildman–Crippen MR) is 34.2 cm³/mol. The van der Waals surface area contributed by atoms with Crippen LogP contribution < -0.4 is 0 Å². The van der Waals surface area contributed by atoms with Crippen LogP contribution in [-0.4, -0.2) is 18.7 Å². The first-order valence-electron chi connectivity index (χ1n) is 2.90. The summed E-state index contributed by atoms with van der Waals surface area (Å²) in [6.45, 7) is 1.94. The second-order valence-electron chi connectivity index (χ2n) is 1.49. The summed E-state index contributed by atoms with van der Waals surface area (Å²) >= 11 is 0. The van der Waals surface area contributed by atoms with Crippen molar-refractivity contribution < 1.29 is 9.53 Å². The Hall–Kier alpha value is -1.66. The van der Waals surface area contributed by atoms with Gasteiger partial charge in [0.25, 0.3) is 5.96 Å². The van der Waals surface area contributed by atoms with Crippen LogP contribution in [0.4, 0.5) is 4.79 Å². The number of guanidine groups is 1. The van der Waals surface area contributed by atoms with Crippen LogP contribution >= 0.6 is 0 Å². The van der Waals surface area contributed by atoms with Gasteiger partial charge < -0.3 is 4.74 Å². The molecule has 0 aromatic carbocycles. The van der Waals surface area contributed by atoms with Crippen LogP contribution in [0.25, 0.3) is 0 Å². The smallest absolute Gasteiger partial charge is 0.437 e. The van der Waals surface area contributed by atoms with E-state index in [-0.39, 0.29) is 12.6 Å². The van der Waals surface area contributed by atoms with E-state index in [1.165, 1.54) is 0 Å². The number of hydrogen-bond acceptors (Lipinski definition) is 4. The molecular formula is C4H5N5O2. The zero-order valence-electron chi connectivity index (χ0n) is 5.76. The van der Waals surface area contributed by atoms with Crippen molar-refractivity contribution in [2.24, 2.45) is 25.7 Å². The lowest BCUT2D eigenvalue weighted by molar-refractivity contribution is 0.163. The summed E-state index contributed by atoms with van der Waals surface area (Å²) in [5.74, 6) is -0.0801. The minimum absolute atomic E-state index is 0.0801. The third kappa shape index (κ3) is 2.20. The highest BCUT2D eigenvalue weighted by Crippen LogP contribution is 1.98. The van der Waals surface area contributed by atoms with Crippen molar-refractivity contribution in [1.29, 1.82) is 0 Å². The molecule has 0 N–H and O–H groups in total. The lowest BCUT2D eigenvalue weighted by atomic mass is 10.9. The molecule has 0 fully saturated rings. The normalized spacial score (nSPS) is 13.7. The molecule has 1 heterocycles. The Balaban J connectivity index is 2.51. The second-order valence-corrected chi connectivity index (χ2v) is 1.49. The minimum atomic E-state index is -0.734. The van der Waals surface area contributed by atoms with Crippen molar-refractivity contribution in [2.75, 3.05) is 6.61 Å². The van der Waals surface area contributed by atoms with Gasteiger partial charge in [0.2, 0.25) is 0 Å². The largest absolute Gasteiger partial charge is 0.448 e. The van der Waals surface area contributed by atoms with Gasteiger partial charge in [0.15, 0.2) is 0 Å². The third-order valence-corrected chi connectivity index (χ3v) is 0.767. The fraction of sp³-hybridized carbons (Fsp3) is 0.500. The molecule has 1 amide bonds. The van der Waals surface area contributed by atoms with Gasteiger partial charge in [0.1, 0.15) is 0 Å². The first kappa shape index (κ1) is 7.45. The summed E-state index contributed by atoms with van der Waals surface area (Å²) in [6, 6.07) is 0. The molecule has 0 radical (unpaired) electrons. The van der Waals surface area contributed by atoms with Crippen molar-refractivity contribution in [3.63, 3.8) is 0 Å². The fourth-order valence-electron chi connectivity index (χ4n) is 0.422. The molecule has 7 heteroatoms. The maximum Gasteiger partial charge on any atom is 0.437 e. The van der Waals surface area contributed by atoms with Crippen molar-refractivity contribution in [3.05, 3.63) is 0 Å². The molecule has 1 aliphatic heterocycles. The first-order valence-corrected chi connectivity index (χ1v) is 2.90. The highest BCUT2D eigenvalue weighted by molar-refractivity contribution is 5.91. The minimum Gasteiger partial charge on any atom is -0.448 e. The molecule has 0 unspecified atom stereocenters. The molecule has 0 saturated carbocycles. The summed E-state index contributed by atoms with van der Waals surface area (Å²) in [7, 11) is 0. The molecule has 0 aromatic heterocycles. The van der Waals surface area contributed by atoms with Gasteiger partial charge >= 0.3 is 6.09 Å². The van der Waals surface area contributed by atoms with Crippen LogP contribution in [0.5, 0.6) is 0 Å². The van der Waals surface area contributed by atoms with Gasteiger partial charge in [-0.05, 0) is 17.4 Å². The predicted octanol–water partition coefficient (Wildman–Crippen LogP) is 1.33. The number of nitrogens with zero attached hydrogens (tertiary/aromatic N) is 5. The SMILES string of the molecule is CCOC(=O)N=C1N=NN=N1. The van der Waals surface area contributed by atoms with Gasteiger partial charge in [0, 0.05) is 0 Å². The highest BCUT2D eigenvalue weighted by atomic mass is 16.5. The molecule has 58 valence electrons. The lowest BCUT2D eigenvalue weighted by Gasteiger charge is -1.91. The van der Waals surface area contributed by atoms with Crippen LogP contribution in [0, 0.1) is 0 Å². The molecule has 7 nitrogen and oxygen atoms in total. The van der Waals surface area contributed by atoms with E-state index in [1.807, 2.05) is 0 Å². The topological polar surface area (TPSA) is 88.1 Å². The van der Waals surface area contributed by atoms with Gasteiger partial charge in [0.05, 0.1) is 6.61 Å². The van der Waals surface area contributed by atoms with Gasteiger partial charge in [-0.1, -0.05) is 10.2 Å². The molecular weight excluding hydrogens is 150 g/mol. The van der Waals surface area contributed by atoms with Gasteiger partial charge in [-0.3, -0.25) is 0 Å². The molecule has 0 bridgehead atoms. The quantitative estimate of drug-likeness (QED) is 0.571. The summed E-state index contributed by atoms with van der Waals surface area (Å²) in [4.78, 5) is 13.9. The number of hydrogen-bond donors (Lipinski definition) is 0. The second kappa shape index (κ2) is 3.49. The van der Waals surface area contributed by atoms with E-state index in [9.17, 15) is 4.79 Å². The summed E-state index contributed by atoms with van der Waals surface area (Å²) < 4.78 is 4.47. The summed E-state index contributed by atoms with van der Waals surface area (Å²) in [6.07, 6.45) is -0.734. The maximum absolute atomic E-state index is 10.6. The summed E-state index contributed by atoms with van der Waals surface area (Å²) in [5.41, 5.74) is 0. The average Bonchev–Trinajstić information content (AvgIpc) is 2.40. The zero-order valence-corrected chi connectivity index (χ0v) is 5.76. The number of rotatable bonds is 1. The monoisotopic (exact) mass is 155 g/mol. The molecule has 1 aliphatic rings. The van der Waals surface area contributed by atoms with Crippen LogP contribution in [-0.2, 0) is 4.74 Å². The van der Waals surface area contributed by atoms with E-state index in [4.69, 9.17) is 0 Å². The Morgan fingerprint density at radius 3 is 2.73 bits per heavy atom. The summed E-state index contributed by atoms with van der Waals surface area (Å²) in [5, 5.41) is 12.8. The lowest BCUT2D eigenvalue weighted by Crippen LogP contribution is -2.00. The van der Waals surface area contributed by atoms with Crippen molar-refractivity contribution >= 4 is 12.1 Å². The molecule has 0 saturated heterocycles. The fourth-order valence-corrected chi connectivity index (χ4v) is 0.422. The number of carbonyl (C=O) groups is 1. The van der Waals surface area contributed by atoms with E-state index in [0.29, 0.717) is 0 Å². The first-order chi connectivity index (χ1) is 5.33. The average molecular weight is 155 g/mol. The number of aliphatic imine (C=N–C) groups is 1. The third-order valence-electron chi connectivity index (χ3n) is 0.767. The van der Waals surface area contributed by atoms with Crippen LogP contribution in [0.2, 0.25) is 0 Å². The van der Waals surface area contributed by atoms with E-state index >= 15 is 0 Å². The Kier molecular flexibility index (Phi) is 2.37. The molecule has 0 aliphatic carbocycles. The molecule has 0 spiro atoms. The van der Waals surface area contributed by atoms with Crippen molar-refractivity contribution in [3.8, 4) is 0 Å². The Bertz CT molecular complexity index is 229. The number of carbonyl (C=O) groups excluding carboxylic acids is 1. The van der Waals surface area contributed by atoms with Crippen LogP contribution in [0.1, 0.15) is 6.92 Å². The molecule has 11 heavy (non-hydrogen) atoms. The van der Waals surface area contributed by atoms with Gasteiger partial charge in [-0.2, -0.15) is 0 Å². The molecule has 0 aromatic rings. The molecule has 1 rings (SSSR count). The Morgan fingerprint density at radius 1 is 1.55 bits per heavy atom. The zero-order chi connectivity index (χ0) is 8.10. The van der Waals surface area contributed by atoms with Crippen molar-refractivity contribution in [1.82, 2.24) is 0 Å². The number of ether oxygens (including phenoxy) is 1. The maximum atomic E-state index is 10.6. The molecule has 0 atom stereocenters. The highest BCUT2D eigenvalue weighted by Gasteiger charge is 2.04. The standard InChI is InChI=1S/C4H5N5O2/c1-2-11-4(10)5-3-6-8-9-7-3/h2H2,1H3. The van der Waals surface area contributed by atoms with Crippen LogP contribution in [0.15, 0.2) is 25.7 Å². The van der Waals surface area contributed by atoms with Crippen LogP contribution in [0.3, 0.4) is 0 Å². The Morgan fingerprint density at radius 2 is 2.18 bits per heavy atom. The van der Waals surface area contributed by atoms with E-state index < -0.39 is 6.09 Å². The van der Waals surface area contributed by atoms with Crippen molar-refractivity contribution in [2.45, 2.75) is 6.92 Å². The number of amides is 1. The van der Waals surface area contributed by atoms with Gasteiger partial charge in [-0.25, -0.2) is 4.79 Å².